The summed E-state index contributed by atoms with van der Waals surface area (Å²) in [7, 11) is 0. The van der Waals surface area contributed by atoms with E-state index in [9.17, 15) is 4.79 Å². The lowest BCUT2D eigenvalue weighted by Crippen LogP contribution is -2.12. The number of nitrogens with zero attached hydrogens (tertiary/aromatic N) is 2. The lowest BCUT2D eigenvalue weighted by Gasteiger charge is -2.09. The van der Waals surface area contributed by atoms with Crippen molar-refractivity contribution in [2.24, 2.45) is 0 Å². The van der Waals surface area contributed by atoms with Crippen molar-refractivity contribution in [3.63, 3.8) is 0 Å². The number of carbonyl (C=O) groups is 1. The van der Waals surface area contributed by atoms with Crippen molar-refractivity contribution in [1.82, 2.24) is 9.97 Å². The van der Waals surface area contributed by atoms with Crippen molar-refractivity contribution in [1.29, 1.82) is 0 Å². The van der Waals surface area contributed by atoms with Crippen molar-refractivity contribution < 1.29 is 9.53 Å². The van der Waals surface area contributed by atoms with Gasteiger partial charge in [0.15, 0.2) is 5.13 Å². The second-order valence-corrected chi connectivity index (χ2v) is 6.23. The van der Waals surface area contributed by atoms with Gasteiger partial charge in [-0.3, -0.25) is 9.78 Å². The van der Waals surface area contributed by atoms with Crippen molar-refractivity contribution in [2.75, 3.05) is 11.9 Å². The predicted molar refractivity (Wildman–Crippen MR) is 99.9 cm³/mol. The summed E-state index contributed by atoms with van der Waals surface area (Å²) in [4.78, 5) is 20.7. The minimum atomic E-state index is -0.0570. The van der Waals surface area contributed by atoms with E-state index in [-0.39, 0.29) is 5.91 Å². The molecular weight excluding hydrogens is 334 g/mol. The van der Waals surface area contributed by atoms with Crippen LogP contribution in [0.4, 0.5) is 5.13 Å². The van der Waals surface area contributed by atoms with Gasteiger partial charge in [-0.05, 0) is 37.1 Å². The summed E-state index contributed by atoms with van der Waals surface area (Å²) >= 11 is 1.41. The maximum atomic E-state index is 12.2. The van der Waals surface area contributed by atoms with E-state index in [0.717, 1.165) is 22.6 Å². The third-order valence-corrected chi connectivity index (χ3v) is 4.36. The number of benzene rings is 1. The normalized spacial score (nSPS) is 10.4. The molecule has 2 aromatic heterocycles. The number of amides is 1. The molecule has 0 atom stereocenters. The van der Waals surface area contributed by atoms with Crippen molar-refractivity contribution in [2.45, 2.75) is 19.8 Å². The van der Waals surface area contributed by atoms with Gasteiger partial charge in [0.05, 0.1) is 12.3 Å². The smallest absolute Gasteiger partial charge is 0.226 e. The first-order valence-electron chi connectivity index (χ1n) is 8.12. The molecule has 25 heavy (non-hydrogen) atoms. The fourth-order valence-corrected chi connectivity index (χ4v) is 3.15. The Hall–Kier alpha value is -2.73. The van der Waals surface area contributed by atoms with Crippen LogP contribution in [0.2, 0.25) is 0 Å². The quantitative estimate of drug-likeness (QED) is 0.692. The Morgan fingerprint density at radius 3 is 2.92 bits per heavy atom. The second kappa shape index (κ2) is 8.39. The van der Waals surface area contributed by atoms with Crippen LogP contribution >= 0.6 is 11.3 Å². The summed E-state index contributed by atoms with van der Waals surface area (Å²) in [6, 6.07) is 11.6. The zero-order chi connectivity index (χ0) is 17.5. The van der Waals surface area contributed by atoms with E-state index >= 15 is 0 Å². The minimum Gasteiger partial charge on any atom is -0.494 e. The molecule has 3 aromatic rings. The van der Waals surface area contributed by atoms with Gasteiger partial charge < -0.3 is 10.1 Å². The number of rotatable bonds is 7. The molecule has 2 heterocycles. The first-order chi connectivity index (χ1) is 12.3. The number of aromatic nitrogens is 2. The molecule has 1 aromatic carbocycles. The Balaban J connectivity index is 1.58. The molecule has 128 valence electrons. The Morgan fingerprint density at radius 2 is 2.12 bits per heavy atom. The van der Waals surface area contributed by atoms with E-state index in [4.69, 9.17) is 4.74 Å². The third-order valence-electron chi connectivity index (χ3n) is 3.60. The van der Waals surface area contributed by atoms with Crippen LogP contribution in [0.25, 0.3) is 11.3 Å². The number of nitrogens with one attached hydrogen (secondary N) is 1. The topological polar surface area (TPSA) is 64.1 Å². The van der Waals surface area contributed by atoms with Crippen LogP contribution in [0.15, 0.2) is 54.2 Å². The highest BCUT2D eigenvalue weighted by molar-refractivity contribution is 7.14. The Labute approximate surface area is 150 Å². The van der Waals surface area contributed by atoms with Crippen molar-refractivity contribution in [3.8, 4) is 17.0 Å². The van der Waals surface area contributed by atoms with Gasteiger partial charge in [-0.25, -0.2) is 4.98 Å². The number of hydrogen-bond donors (Lipinski definition) is 1. The van der Waals surface area contributed by atoms with E-state index in [1.165, 1.54) is 11.3 Å². The molecule has 0 aliphatic rings. The van der Waals surface area contributed by atoms with Gasteiger partial charge in [-0.15, -0.1) is 11.3 Å². The maximum absolute atomic E-state index is 12.2. The highest BCUT2D eigenvalue weighted by Gasteiger charge is 2.10. The van der Waals surface area contributed by atoms with E-state index in [1.807, 2.05) is 48.7 Å². The van der Waals surface area contributed by atoms with Crippen LogP contribution in [0.3, 0.4) is 0 Å². The predicted octanol–water partition coefficient (Wildman–Crippen LogP) is 4.18. The van der Waals surface area contributed by atoms with Crippen LogP contribution in [0.5, 0.6) is 5.75 Å². The third kappa shape index (κ3) is 4.64. The number of hydrogen-bond acceptors (Lipinski definition) is 5. The Kier molecular flexibility index (Phi) is 5.74. The van der Waals surface area contributed by atoms with Gasteiger partial charge in [0, 0.05) is 29.8 Å². The van der Waals surface area contributed by atoms with Crippen LogP contribution in [0.1, 0.15) is 18.9 Å². The van der Waals surface area contributed by atoms with Gasteiger partial charge in [0.2, 0.25) is 5.91 Å². The molecule has 0 spiro atoms. The van der Waals surface area contributed by atoms with Crippen LogP contribution in [-0.4, -0.2) is 22.5 Å². The molecule has 0 aliphatic heterocycles. The average molecular weight is 353 g/mol. The van der Waals surface area contributed by atoms with E-state index in [2.05, 4.69) is 15.3 Å². The molecule has 0 saturated heterocycles. The Bertz CT molecular complexity index is 833. The summed E-state index contributed by atoms with van der Waals surface area (Å²) in [5.74, 6) is 0.782. The molecule has 0 unspecified atom stereocenters. The summed E-state index contributed by atoms with van der Waals surface area (Å²) in [5.41, 5.74) is 2.79. The molecule has 0 bridgehead atoms. The lowest BCUT2D eigenvalue weighted by molar-refractivity contribution is -0.116. The molecule has 0 fully saturated rings. The van der Waals surface area contributed by atoms with Crippen LogP contribution in [0, 0.1) is 0 Å². The fraction of sp³-hybridized carbons (Fsp3) is 0.211. The number of para-hydroxylation sites is 1. The first-order valence-corrected chi connectivity index (χ1v) is 9.00. The average Bonchev–Trinajstić information content (AvgIpc) is 3.10. The minimum absolute atomic E-state index is 0.0570. The molecule has 3 rings (SSSR count). The van der Waals surface area contributed by atoms with Gasteiger partial charge >= 0.3 is 0 Å². The summed E-state index contributed by atoms with van der Waals surface area (Å²) in [6.07, 6.45) is 4.48. The molecule has 1 amide bonds. The summed E-state index contributed by atoms with van der Waals surface area (Å²) < 4.78 is 5.59. The number of pyridine rings is 1. The number of ether oxygens (including phenoxy) is 1. The SMILES string of the molecule is CCOc1ccccc1CCC(=O)Nc1nc(-c2cccnc2)cs1. The first kappa shape index (κ1) is 17.1. The zero-order valence-corrected chi connectivity index (χ0v) is 14.8. The summed E-state index contributed by atoms with van der Waals surface area (Å²) in [6.45, 7) is 2.56. The van der Waals surface area contributed by atoms with Crippen LogP contribution in [-0.2, 0) is 11.2 Å². The van der Waals surface area contributed by atoms with Gasteiger partial charge in [-0.2, -0.15) is 0 Å². The number of thiazole rings is 1. The van der Waals surface area contributed by atoms with Crippen LogP contribution < -0.4 is 10.1 Å². The van der Waals surface area contributed by atoms with E-state index < -0.39 is 0 Å². The molecule has 5 nitrogen and oxygen atoms in total. The fourth-order valence-electron chi connectivity index (χ4n) is 2.41. The van der Waals surface area contributed by atoms with E-state index in [1.54, 1.807) is 12.4 Å². The van der Waals surface area contributed by atoms with Crippen molar-refractivity contribution in [3.05, 3.63) is 59.7 Å². The summed E-state index contributed by atoms with van der Waals surface area (Å²) in [5, 5.41) is 5.37. The number of carbonyl (C=O) groups excluding carboxylic acids is 1. The van der Waals surface area contributed by atoms with Gasteiger partial charge in [0.25, 0.3) is 0 Å². The largest absolute Gasteiger partial charge is 0.494 e. The molecule has 0 aliphatic carbocycles. The monoisotopic (exact) mass is 353 g/mol. The van der Waals surface area contributed by atoms with Gasteiger partial charge in [0.1, 0.15) is 5.75 Å². The highest BCUT2D eigenvalue weighted by Crippen LogP contribution is 2.24. The highest BCUT2D eigenvalue weighted by atomic mass is 32.1. The zero-order valence-electron chi connectivity index (χ0n) is 13.9. The number of aryl methyl sites for hydroxylation is 1. The molecule has 6 heteroatoms. The molecule has 0 saturated carbocycles. The molecule has 0 radical (unpaired) electrons. The number of anilines is 1. The second-order valence-electron chi connectivity index (χ2n) is 5.37. The van der Waals surface area contributed by atoms with Crippen molar-refractivity contribution >= 4 is 22.4 Å². The standard InChI is InChI=1S/C19H19N3O2S/c1-2-24-17-8-4-3-6-14(17)9-10-18(23)22-19-21-16(13-25-19)15-7-5-11-20-12-15/h3-8,11-13H,2,9-10H2,1H3,(H,21,22,23). The molecule has 1 N–H and O–H groups in total. The van der Waals surface area contributed by atoms with Gasteiger partial charge in [-0.1, -0.05) is 18.2 Å². The maximum Gasteiger partial charge on any atom is 0.226 e. The lowest BCUT2D eigenvalue weighted by atomic mass is 10.1. The van der Waals surface area contributed by atoms with E-state index in [0.29, 0.717) is 24.6 Å². The Morgan fingerprint density at radius 1 is 1.24 bits per heavy atom. The molecular formula is C19H19N3O2S.